The largest absolute Gasteiger partial charge is 0.464 e. The van der Waals surface area contributed by atoms with Crippen LogP contribution in [0.5, 0.6) is 0 Å². The molecule has 78 valence electrons. The standard InChI is InChI=1S/C13H15NO/c14-7-5-10-2-1-9-3-4-12-11(13(9)10)6-8-15-12/h3-4,6,8,10H,1-2,5,7,14H2/t10-/m0/s1. The molecule has 15 heavy (non-hydrogen) atoms. The number of hydrogen-bond donors (Lipinski definition) is 1. The Morgan fingerprint density at radius 1 is 1.33 bits per heavy atom. The fourth-order valence-corrected chi connectivity index (χ4v) is 2.78. The quantitative estimate of drug-likeness (QED) is 0.811. The monoisotopic (exact) mass is 201 g/mol. The third-order valence-corrected chi connectivity index (χ3v) is 3.45. The molecule has 0 bridgehead atoms. The van der Waals surface area contributed by atoms with Crippen LogP contribution in [0.2, 0.25) is 0 Å². The summed E-state index contributed by atoms with van der Waals surface area (Å²) in [7, 11) is 0. The molecule has 0 saturated heterocycles. The van der Waals surface area contributed by atoms with Crippen LogP contribution in [0.15, 0.2) is 28.9 Å². The number of fused-ring (bicyclic) bond motifs is 3. The molecule has 1 aromatic heterocycles. The molecule has 2 N–H and O–H groups in total. The summed E-state index contributed by atoms with van der Waals surface area (Å²) in [5, 5.41) is 1.29. The summed E-state index contributed by atoms with van der Waals surface area (Å²) in [5.41, 5.74) is 9.65. The fraction of sp³-hybridized carbons (Fsp3) is 0.385. The van der Waals surface area contributed by atoms with Gasteiger partial charge in [-0.1, -0.05) is 6.07 Å². The van der Waals surface area contributed by atoms with Gasteiger partial charge in [0.05, 0.1) is 6.26 Å². The van der Waals surface area contributed by atoms with Crippen molar-refractivity contribution < 1.29 is 4.42 Å². The highest BCUT2D eigenvalue weighted by molar-refractivity contribution is 5.83. The lowest BCUT2D eigenvalue weighted by molar-refractivity contribution is 0.614. The average Bonchev–Trinajstić information content (AvgIpc) is 2.83. The van der Waals surface area contributed by atoms with Crippen molar-refractivity contribution in [2.45, 2.75) is 25.2 Å². The van der Waals surface area contributed by atoms with E-state index in [0.29, 0.717) is 5.92 Å². The van der Waals surface area contributed by atoms with E-state index in [-0.39, 0.29) is 0 Å². The van der Waals surface area contributed by atoms with Crippen LogP contribution < -0.4 is 5.73 Å². The molecule has 0 aliphatic heterocycles. The smallest absolute Gasteiger partial charge is 0.134 e. The molecule has 1 aliphatic rings. The molecule has 0 radical (unpaired) electrons. The molecule has 3 rings (SSSR count). The van der Waals surface area contributed by atoms with Gasteiger partial charge in [0.2, 0.25) is 0 Å². The number of benzene rings is 1. The fourth-order valence-electron chi connectivity index (χ4n) is 2.78. The highest BCUT2D eigenvalue weighted by atomic mass is 16.3. The van der Waals surface area contributed by atoms with Crippen LogP contribution in [0.25, 0.3) is 11.0 Å². The minimum atomic E-state index is 0.645. The van der Waals surface area contributed by atoms with E-state index in [1.807, 2.05) is 0 Å². The Labute approximate surface area is 89.1 Å². The van der Waals surface area contributed by atoms with Crippen molar-refractivity contribution in [2.75, 3.05) is 6.54 Å². The molecular weight excluding hydrogens is 186 g/mol. The first-order valence-corrected chi connectivity index (χ1v) is 5.59. The van der Waals surface area contributed by atoms with Gasteiger partial charge in [-0.05, 0) is 55.0 Å². The second kappa shape index (κ2) is 3.38. The van der Waals surface area contributed by atoms with E-state index in [9.17, 15) is 0 Å². The number of hydrogen-bond acceptors (Lipinski definition) is 2. The topological polar surface area (TPSA) is 39.2 Å². The minimum Gasteiger partial charge on any atom is -0.464 e. The number of furan rings is 1. The van der Waals surface area contributed by atoms with Crippen molar-refractivity contribution in [1.82, 2.24) is 0 Å². The summed E-state index contributed by atoms with van der Waals surface area (Å²) < 4.78 is 5.44. The summed E-state index contributed by atoms with van der Waals surface area (Å²) >= 11 is 0. The van der Waals surface area contributed by atoms with E-state index in [1.54, 1.807) is 6.26 Å². The molecule has 2 aromatic rings. The Kier molecular flexibility index (Phi) is 2.03. The second-order valence-corrected chi connectivity index (χ2v) is 4.28. The number of nitrogens with two attached hydrogens (primary N) is 1. The van der Waals surface area contributed by atoms with Crippen LogP contribution in [0.4, 0.5) is 0 Å². The van der Waals surface area contributed by atoms with Gasteiger partial charge in [0, 0.05) is 5.39 Å². The van der Waals surface area contributed by atoms with Gasteiger partial charge in [-0.3, -0.25) is 0 Å². The predicted octanol–water partition coefficient (Wildman–Crippen LogP) is 2.81. The van der Waals surface area contributed by atoms with Crippen LogP contribution in [0.3, 0.4) is 0 Å². The first kappa shape index (κ1) is 8.98. The maximum atomic E-state index is 5.66. The maximum Gasteiger partial charge on any atom is 0.134 e. The van der Waals surface area contributed by atoms with Crippen LogP contribution in [-0.4, -0.2) is 6.54 Å². The minimum absolute atomic E-state index is 0.645. The molecule has 0 unspecified atom stereocenters. The zero-order valence-electron chi connectivity index (χ0n) is 8.70. The third kappa shape index (κ3) is 1.29. The zero-order valence-corrected chi connectivity index (χ0v) is 8.70. The first-order chi connectivity index (χ1) is 7.40. The third-order valence-electron chi connectivity index (χ3n) is 3.45. The lowest BCUT2D eigenvalue weighted by atomic mass is 9.95. The molecule has 2 heteroatoms. The van der Waals surface area contributed by atoms with E-state index >= 15 is 0 Å². The van der Waals surface area contributed by atoms with E-state index in [0.717, 1.165) is 18.5 Å². The first-order valence-electron chi connectivity index (χ1n) is 5.59. The summed E-state index contributed by atoms with van der Waals surface area (Å²) in [6, 6.07) is 6.37. The Hall–Kier alpha value is -1.28. The van der Waals surface area contributed by atoms with Crippen molar-refractivity contribution >= 4 is 11.0 Å². The average molecular weight is 201 g/mol. The Morgan fingerprint density at radius 2 is 2.27 bits per heavy atom. The molecule has 0 amide bonds. The van der Waals surface area contributed by atoms with Crippen molar-refractivity contribution in [2.24, 2.45) is 5.73 Å². The summed E-state index contributed by atoms with van der Waals surface area (Å²) in [4.78, 5) is 0. The van der Waals surface area contributed by atoms with Crippen LogP contribution in [-0.2, 0) is 6.42 Å². The van der Waals surface area contributed by atoms with E-state index in [2.05, 4.69) is 18.2 Å². The second-order valence-electron chi connectivity index (χ2n) is 4.28. The summed E-state index contributed by atoms with van der Waals surface area (Å²) in [6.45, 7) is 0.776. The molecule has 1 aromatic carbocycles. The van der Waals surface area contributed by atoms with Gasteiger partial charge >= 0.3 is 0 Å². The molecule has 1 aliphatic carbocycles. The van der Waals surface area contributed by atoms with Gasteiger partial charge in [0.1, 0.15) is 5.58 Å². The molecule has 0 fully saturated rings. The van der Waals surface area contributed by atoms with E-state index in [4.69, 9.17) is 10.2 Å². The Bertz CT molecular complexity index is 484. The summed E-state index contributed by atoms with van der Waals surface area (Å²) in [6.07, 6.45) is 5.32. The van der Waals surface area contributed by atoms with Gasteiger partial charge in [-0.2, -0.15) is 0 Å². The lowest BCUT2D eigenvalue weighted by Crippen LogP contribution is -2.04. The molecule has 0 spiro atoms. The molecule has 2 nitrogen and oxygen atoms in total. The lowest BCUT2D eigenvalue weighted by Gasteiger charge is -2.10. The number of rotatable bonds is 2. The highest BCUT2D eigenvalue weighted by Crippen LogP contribution is 2.40. The van der Waals surface area contributed by atoms with Gasteiger partial charge in [0.25, 0.3) is 0 Å². The SMILES string of the molecule is NCC[C@@H]1CCc2ccc3occc3c21. The Balaban J connectivity index is 2.18. The molecule has 1 heterocycles. The van der Waals surface area contributed by atoms with Crippen molar-refractivity contribution in [3.8, 4) is 0 Å². The van der Waals surface area contributed by atoms with Gasteiger partial charge in [-0.15, -0.1) is 0 Å². The summed E-state index contributed by atoms with van der Waals surface area (Å²) in [5.74, 6) is 0.645. The molecule has 1 atom stereocenters. The van der Waals surface area contributed by atoms with E-state index in [1.165, 1.54) is 29.4 Å². The predicted molar refractivity (Wildman–Crippen MR) is 60.9 cm³/mol. The van der Waals surface area contributed by atoms with Gasteiger partial charge < -0.3 is 10.2 Å². The van der Waals surface area contributed by atoms with E-state index < -0.39 is 0 Å². The van der Waals surface area contributed by atoms with Crippen LogP contribution in [0, 0.1) is 0 Å². The van der Waals surface area contributed by atoms with Crippen LogP contribution >= 0.6 is 0 Å². The Morgan fingerprint density at radius 3 is 3.13 bits per heavy atom. The maximum absolute atomic E-state index is 5.66. The number of aryl methyl sites for hydroxylation is 1. The van der Waals surface area contributed by atoms with Crippen molar-refractivity contribution in [3.05, 3.63) is 35.6 Å². The highest BCUT2D eigenvalue weighted by Gasteiger charge is 2.24. The van der Waals surface area contributed by atoms with Crippen LogP contribution in [0.1, 0.15) is 29.9 Å². The van der Waals surface area contributed by atoms with Crippen molar-refractivity contribution in [1.29, 1.82) is 0 Å². The molecular formula is C13H15NO. The molecule has 0 saturated carbocycles. The van der Waals surface area contributed by atoms with Gasteiger partial charge in [-0.25, -0.2) is 0 Å². The van der Waals surface area contributed by atoms with Crippen molar-refractivity contribution in [3.63, 3.8) is 0 Å². The zero-order chi connectivity index (χ0) is 10.3. The van der Waals surface area contributed by atoms with Gasteiger partial charge in [0.15, 0.2) is 0 Å². The normalized spacial score (nSPS) is 19.7.